The number of rotatable bonds is 1. The summed E-state index contributed by atoms with van der Waals surface area (Å²) in [6.07, 6.45) is 3.84. The van der Waals surface area contributed by atoms with Crippen LogP contribution in [0.5, 0.6) is 5.75 Å². The van der Waals surface area contributed by atoms with Crippen LogP contribution in [0.1, 0.15) is 73.3 Å². The summed E-state index contributed by atoms with van der Waals surface area (Å²) in [7, 11) is -1.43. The van der Waals surface area contributed by atoms with Gasteiger partial charge in [0, 0.05) is 30.4 Å². The SMILES string of the molecule is CC(C)(C)OC(=O)N1CCCC2(C=C(P3OC(C)(C)C(C)(C)O3)c3cc(F)ccc3O2)CC1. The molecule has 3 heterocycles. The monoisotopic (exact) mass is 479 g/mol. The molecule has 182 valence electrons. The number of carbonyl (C=O) groups is 1. The fourth-order valence-corrected chi connectivity index (χ4v) is 6.37. The van der Waals surface area contributed by atoms with E-state index in [1.165, 1.54) is 12.1 Å². The minimum absolute atomic E-state index is 0.308. The summed E-state index contributed by atoms with van der Waals surface area (Å²) in [5.41, 5.74) is -1.47. The topological polar surface area (TPSA) is 57.2 Å². The molecule has 1 spiro atoms. The normalized spacial score (nSPS) is 26.9. The molecule has 0 aliphatic carbocycles. The van der Waals surface area contributed by atoms with E-state index in [0.29, 0.717) is 30.8 Å². The Bertz CT molecular complexity index is 954. The van der Waals surface area contributed by atoms with Gasteiger partial charge in [0.15, 0.2) is 0 Å². The third-order valence-corrected chi connectivity index (χ3v) is 8.69. The van der Waals surface area contributed by atoms with Crippen molar-refractivity contribution >= 4 is 19.8 Å². The Morgan fingerprint density at radius 3 is 2.39 bits per heavy atom. The zero-order chi connectivity index (χ0) is 24.2. The van der Waals surface area contributed by atoms with Crippen molar-refractivity contribution in [3.8, 4) is 5.75 Å². The Morgan fingerprint density at radius 1 is 1.09 bits per heavy atom. The van der Waals surface area contributed by atoms with Crippen molar-refractivity contribution in [3.63, 3.8) is 0 Å². The maximum atomic E-state index is 14.2. The Hall–Kier alpha value is -1.69. The maximum Gasteiger partial charge on any atom is 0.410 e. The molecule has 1 atom stereocenters. The van der Waals surface area contributed by atoms with Gasteiger partial charge in [0.05, 0.1) is 11.2 Å². The molecule has 2 saturated heterocycles. The van der Waals surface area contributed by atoms with Crippen LogP contribution in [-0.2, 0) is 13.8 Å². The van der Waals surface area contributed by atoms with E-state index in [1.54, 1.807) is 11.0 Å². The number of halogens is 1. The van der Waals surface area contributed by atoms with Crippen LogP contribution in [0.2, 0.25) is 0 Å². The lowest BCUT2D eigenvalue weighted by Crippen LogP contribution is -2.41. The van der Waals surface area contributed by atoms with Gasteiger partial charge in [-0.3, -0.25) is 0 Å². The first kappa shape index (κ1) is 24.4. The van der Waals surface area contributed by atoms with Crippen molar-refractivity contribution < 1.29 is 27.7 Å². The number of hydrogen-bond donors (Lipinski definition) is 0. The molecule has 1 unspecified atom stereocenters. The average molecular weight is 480 g/mol. The molecule has 6 nitrogen and oxygen atoms in total. The van der Waals surface area contributed by atoms with Gasteiger partial charge in [0.1, 0.15) is 22.8 Å². The number of fused-ring (bicyclic) bond motifs is 1. The highest BCUT2D eigenvalue weighted by molar-refractivity contribution is 7.59. The molecule has 3 aliphatic heterocycles. The van der Waals surface area contributed by atoms with Crippen molar-refractivity contribution in [1.29, 1.82) is 0 Å². The zero-order valence-corrected chi connectivity index (χ0v) is 21.6. The lowest BCUT2D eigenvalue weighted by Gasteiger charge is -2.37. The number of ether oxygens (including phenoxy) is 2. The van der Waals surface area contributed by atoms with Gasteiger partial charge >= 0.3 is 6.09 Å². The molecule has 33 heavy (non-hydrogen) atoms. The molecule has 3 aliphatic rings. The number of amides is 1. The first-order valence-corrected chi connectivity index (χ1v) is 12.8. The van der Waals surface area contributed by atoms with Gasteiger partial charge in [-0.05, 0) is 85.6 Å². The second-order valence-electron chi connectivity index (χ2n) is 11.1. The largest absolute Gasteiger partial charge is 0.482 e. The lowest BCUT2D eigenvalue weighted by atomic mass is 9.90. The first-order chi connectivity index (χ1) is 15.2. The lowest BCUT2D eigenvalue weighted by molar-refractivity contribution is 0.00578. The zero-order valence-electron chi connectivity index (χ0n) is 20.7. The third-order valence-electron chi connectivity index (χ3n) is 6.68. The van der Waals surface area contributed by atoms with Crippen molar-refractivity contribution in [1.82, 2.24) is 4.90 Å². The number of likely N-dealkylation sites (tertiary alicyclic amines) is 1. The predicted molar refractivity (Wildman–Crippen MR) is 127 cm³/mol. The Kier molecular flexibility index (Phi) is 6.08. The second kappa shape index (κ2) is 8.21. The van der Waals surface area contributed by atoms with Crippen LogP contribution in [0.25, 0.3) is 5.31 Å². The standard InChI is InChI=1S/C25H35FNO5P/c1-22(2,3)30-21(28)27-13-8-11-25(12-14-27)16-20(18-15-17(26)9-10-19(18)29-25)33-31-23(4,5)24(6,7)32-33/h9-10,15-16H,8,11-14H2,1-7H3. The maximum absolute atomic E-state index is 14.2. The molecule has 0 radical (unpaired) electrons. The smallest absolute Gasteiger partial charge is 0.410 e. The summed E-state index contributed by atoms with van der Waals surface area (Å²) in [6, 6.07) is 4.58. The summed E-state index contributed by atoms with van der Waals surface area (Å²) in [5, 5.41) is 0.843. The van der Waals surface area contributed by atoms with Crippen molar-refractivity contribution in [2.45, 2.75) is 90.1 Å². The van der Waals surface area contributed by atoms with Gasteiger partial charge in [-0.25, -0.2) is 9.18 Å². The number of hydrogen-bond acceptors (Lipinski definition) is 5. The summed E-state index contributed by atoms with van der Waals surface area (Å²) in [5.74, 6) is 0.292. The third kappa shape index (κ3) is 4.91. The van der Waals surface area contributed by atoms with Gasteiger partial charge in [-0.2, -0.15) is 0 Å². The quantitative estimate of drug-likeness (QED) is 0.423. The van der Waals surface area contributed by atoms with E-state index in [2.05, 4.69) is 6.08 Å². The summed E-state index contributed by atoms with van der Waals surface area (Å²) in [6.45, 7) is 14.8. The van der Waals surface area contributed by atoms with Crippen LogP contribution in [0.3, 0.4) is 0 Å². The Labute approximate surface area is 197 Å². The fraction of sp³-hybridized carbons (Fsp3) is 0.640. The first-order valence-electron chi connectivity index (χ1n) is 11.6. The van der Waals surface area contributed by atoms with Crippen LogP contribution in [0.4, 0.5) is 9.18 Å². The minimum Gasteiger partial charge on any atom is -0.482 e. The van der Waals surface area contributed by atoms with Crippen molar-refractivity contribution in [3.05, 3.63) is 35.7 Å². The number of nitrogens with zero attached hydrogens (tertiary/aromatic N) is 1. The van der Waals surface area contributed by atoms with Gasteiger partial charge in [0.25, 0.3) is 0 Å². The average Bonchev–Trinajstić information content (AvgIpc) is 2.80. The van der Waals surface area contributed by atoms with E-state index in [0.717, 1.165) is 18.2 Å². The van der Waals surface area contributed by atoms with Gasteiger partial charge in [0.2, 0.25) is 8.38 Å². The van der Waals surface area contributed by atoms with E-state index < -0.39 is 30.8 Å². The van der Waals surface area contributed by atoms with E-state index in [4.69, 9.17) is 18.5 Å². The van der Waals surface area contributed by atoms with Crippen LogP contribution >= 0.6 is 8.38 Å². The van der Waals surface area contributed by atoms with Crippen molar-refractivity contribution in [2.24, 2.45) is 0 Å². The molecule has 1 aromatic carbocycles. The molecule has 0 bridgehead atoms. The van der Waals surface area contributed by atoms with Gasteiger partial charge in [-0.15, -0.1) is 0 Å². The van der Waals surface area contributed by atoms with Crippen LogP contribution < -0.4 is 4.74 Å². The highest BCUT2D eigenvalue weighted by Gasteiger charge is 2.52. The highest BCUT2D eigenvalue weighted by Crippen LogP contribution is 2.67. The Morgan fingerprint density at radius 2 is 1.76 bits per heavy atom. The van der Waals surface area contributed by atoms with Crippen LogP contribution in [-0.4, -0.2) is 46.5 Å². The molecule has 0 aromatic heterocycles. The van der Waals surface area contributed by atoms with E-state index in [-0.39, 0.29) is 11.9 Å². The molecule has 1 aromatic rings. The van der Waals surface area contributed by atoms with Crippen LogP contribution in [0.15, 0.2) is 24.3 Å². The fourth-order valence-electron chi connectivity index (χ4n) is 4.15. The van der Waals surface area contributed by atoms with Gasteiger partial charge in [-0.1, -0.05) is 0 Å². The molecule has 2 fully saturated rings. The molecule has 4 rings (SSSR count). The second-order valence-corrected chi connectivity index (χ2v) is 12.5. The predicted octanol–water partition coefficient (Wildman–Crippen LogP) is 6.63. The number of benzene rings is 1. The molecule has 0 N–H and O–H groups in total. The molecular formula is C25H35FNO5P. The molecule has 1 amide bonds. The van der Waals surface area contributed by atoms with Gasteiger partial charge < -0.3 is 23.4 Å². The Balaban J connectivity index is 1.65. The van der Waals surface area contributed by atoms with E-state index >= 15 is 0 Å². The molecule has 0 saturated carbocycles. The van der Waals surface area contributed by atoms with Crippen molar-refractivity contribution in [2.75, 3.05) is 13.1 Å². The molecule has 8 heteroatoms. The molecular weight excluding hydrogens is 444 g/mol. The number of carbonyl (C=O) groups excluding carboxylic acids is 1. The minimum atomic E-state index is -1.43. The highest BCUT2D eigenvalue weighted by atomic mass is 31.2. The van der Waals surface area contributed by atoms with E-state index in [1.807, 2.05) is 48.5 Å². The van der Waals surface area contributed by atoms with E-state index in [9.17, 15) is 9.18 Å². The van der Waals surface area contributed by atoms with Crippen LogP contribution in [0, 0.1) is 5.82 Å². The summed E-state index contributed by atoms with van der Waals surface area (Å²) >= 11 is 0. The summed E-state index contributed by atoms with van der Waals surface area (Å²) < 4.78 is 39.1. The summed E-state index contributed by atoms with van der Waals surface area (Å²) in [4.78, 5) is 14.4.